The highest BCUT2D eigenvalue weighted by Crippen LogP contribution is 2.30. The lowest BCUT2D eigenvalue weighted by atomic mass is 10.1. The summed E-state index contributed by atoms with van der Waals surface area (Å²) in [6.45, 7) is 2.49. The van der Waals surface area contributed by atoms with Crippen LogP contribution in [0.15, 0.2) is 47.0 Å². The van der Waals surface area contributed by atoms with E-state index in [4.69, 9.17) is 15.0 Å². The summed E-state index contributed by atoms with van der Waals surface area (Å²) in [6, 6.07) is 13.8. The van der Waals surface area contributed by atoms with Gasteiger partial charge in [0, 0.05) is 16.8 Å². The van der Waals surface area contributed by atoms with Crippen molar-refractivity contribution in [2.24, 2.45) is 0 Å². The molecule has 5 heteroatoms. The third-order valence-corrected chi connectivity index (χ3v) is 3.97. The van der Waals surface area contributed by atoms with Gasteiger partial charge in [0.05, 0.1) is 6.42 Å². The Morgan fingerprint density at radius 2 is 1.96 bits per heavy atom. The topological polar surface area (TPSA) is 74.2 Å². The van der Waals surface area contributed by atoms with E-state index in [1.807, 2.05) is 43.3 Å². The van der Waals surface area contributed by atoms with Crippen molar-refractivity contribution < 1.29 is 9.26 Å². The standard InChI is InChI=1S/C19H17N3O2/c1-12-2-5-14-10-15(11-23-17(14)8-12)19-21-18(24-22-19)9-13-3-6-16(20)7-4-13/h2-8,10H,9,11,20H2,1H3. The predicted molar refractivity (Wildman–Crippen MR) is 92.5 cm³/mol. The third-order valence-electron chi connectivity index (χ3n) is 3.97. The van der Waals surface area contributed by atoms with E-state index in [1.54, 1.807) is 0 Å². The molecule has 0 radical (unpaired) electrons. The third kappa shape index (κ3) is 2.88. The monoisotopic (exact) mass is 319 g/mol. The summed E-state index contributed by atoms with van der Waals surface area (Å²) < 4.78 is 11.2. The van der Waals surface area contributed by atoms with Gasteiger partial charge >= 0.3 is 0 Å². The fourth-order valence-electron chi connectivity index (χ4n) is 2.67. The Balaban J connectivity index is 1.56. The van der Waals surface area contributed by atoms with Crippen molar-refractivity contribution in [2.45, 2.75) is 13.3 Å². The second-order valence-electron chi connectivity index (χ2n) is 5.93. The molecule has 2 heterocycles. The molecule has 120 valence electrons. The molecule has 0 atom stereocenters. The molecule has 0 amide bonds. The van der Waals surface area contributed by atoms with Crippen LogP contribution in [0.25, 0.3) is 11.6 Å². The number of anilines is 1. The SMILES string of the molecule is Cc1ccc2c(c1)OCC(c1noc(Cc3ccc(N)cc3)n1)=C2. The molecule has 4 rings (SSSR count). The van der Waals surface area contributed by atoms with Gasteiger partial charge in [0.2, 0.25) is 11.7 Å². The number of nitrogens with two attached hydrogens (primary N) is 1. The Morgan fingerprint density at radius 3 is 2.79 bits per heavy atom. The zero-order chi connectivity index (χ0) is 16.5. The number of rotatable bonds is 3. The van der Waals surface area contributed by atoms with E-state index in [2.05, 4.69) is 22.3 Å². The first kappa shape index (κ1) is 14.5. The molecule has 0 spiro atoms. The van der Waals surface area contributed by atoms with Gasteiger partial charge in [0.15, 0.2) is 0 Å². The highest BCUT2D eigenvalue weighted by Gasteiger charge is 2.17. The van der Waals surface area contributed by atoms with Crippen LogP contribution in [0.5, 0.6) is 5.75 Å². The summed E-state index contributed by atoms with van der Waals surface area (Å²) in [7, 11) is 0. The molecule has 24 heavy (non-hydrogen) atoms. The van der Waals surface area contributed by atoms with Gasteiger partial charge in [-0.25, -0.2) is 0 Å². The Hall–Kier alpha value is -3.08. The van der Waals surface area contributed by atoms with Crippen LogP contribution in [0.2, 0.25) is 0 Å². The van der Waals surface area contributed by atoms with E-state index in [-0.39, 0.29) is 0 Å². The average Bonchev–Trinajstić information content (AvgIpc) is 3.05. The fourth-order valence-corrected chi connectivity index (χ4v) is 2.67. The van der Waals surface area contributed by atoms with E-state index in [1.165, 1.54) is 5.56 Å². The first-order chi connectivity index (χ1) is 11.7. The molecule has 0 unspecified atom stereocenters. The maximum absolute atomic E-state index is 5.81. The van der Waals surface area contributed by atoms with Crippen LogP contribution >= 0.6 is 0 Å². The maximum Gasteiger partial charge on any atom is 0.231 e. The molecule has 3 aromatic rings. The van der Waals surface area contributed by atoms with E-state index in [0.29, 0.717) is 24.7 Å². The molecule has 1 aliphatic heterocycles. The average molecular weight is 319 g/mol. The normalized spacial score (nSPS) is 13.1. The van der Waals surface area contributed by atoms with Crippen molar-refractivity contribution >= 4 is 17.3 Å². The summed E-state index contributed by atoms with van der Waals surface area (Å²) in [5.41, 5.74) is 10.6. The number of fused-ring (bicyclic) bond motifs is 1. The van der Waals surface area contributed by atoms with Crippen LogP contribution in [0, 0.1) is 6.92 Å². The molecule has 1 aromatic heterocycles. The predicted octanol–water partition coefficient (Wildman–Crippen LogP) is 3.48. The fraction of sp³-hybridized carbons (Fsp3) is 0.158. The van der Waals surface area contributed by atoms with E-state index < -0.39 is 0 Å². The van der Waals surface area contributed by atoms with Gasteiger partial charge in [0.25, 0.3) is 0 Å². The lowest BCUT2D eigenvalue weighted by Crippen LogP contribution is -2.07. The van der Waals surface area contributed by atoms with Crippen LogP contribution in [0.3, 0.4) is 0 Å². The maximum atomic E-state index is 5.81. The molecule has 2 N–H and O–H groups in total. The summed E-state index contributed by atoms with van der Waals surface area (Å²) in [6.07, 6.45) is 2.63. The quantitative estimate of drug-likeness (QED) is 0.748. The van der Waals surface area contributed by atoms with Gasteiger partial charge in [-0.1, -0.05) is 29.4 Å². The zero-order valence-corrected chi connectivity index (χ0v) is 13.3. The number of nitrogens with zero attached hydrogens (tertiary/aromatic N) is 2. The van der Waals surface area contributed by atoms with Gasteiger partial charge in [-0.15, -0.1) is 0 Å². The summed E-state index contributed by atoms with van der Waals surface area (Å²) >= 11 is 0. The highest BCUT2D eigenvalue weighted by molar-refractivity contribution is 5.83. The summed E-state index contributed by atoms with van der Waals surface area (Å²) in [5, 5.41) is 4.08. The minimum absolute atomic E-state index is 0.442. The minimum Gasteiger partial charge on any atom is -0.488 e. The Labute approximate surface area is 139 Å². The molecular weight excluding hydrogens is 302 g/mol. The number of hydrogen-bond donors (Lipinski definition) is 1. The van der Waals surface area contributed by atoms with Crippen molar-refractivity contribution in [3.8, 4) is 5.75 Å². The molecule has 0 saturated heterocycles. The van der Waals surface area contributed by atoms with Crippen molar-refractivity contribution in [1.82, 2.24) is 10.1 Å². The molecule has 0 bridgehead atoms. The Kier molecular flexibility index (Phi) is 3.54. The minimum atomic E-state index is 0.442. The zero-order valence-electron chi connectivity index (χ0n) is 13.3. The molecule has 2 aromatic carbocycles. The molecule has 0 saturated carbocycles. The van der Waals surface area contributed by atoms with E-state index >= 15 is 0 Å². The van der Waals surface area contributed by atoms with Gasteiger partial charge in [-0.2, -0.15) is 4.98 Å². The first-order valence-electron chi connectivity index (χ1n) is 7.79. The number of aryl methyl sites for hydroxylation is 1. The van der Waals surface area contributed by atoms with Crippen LogP contribution in [0.4, 0.5) is 5.69 Å². The van der Waals surface area contributed by atoms with Crippen LogP contribution in [-0.4, -0.2) is 16.7 Å². The summed E-state index contributed by atoms with van der Waals surface area (Å²) in [4.78, 5) is 4.48. The number of nitrogen functional groups attached to an aromatic ring is 1. The Morgan fingerprint density at radius 1 is 1.12 bits per heavy atom. The lowest BCUT2D eigenvalue weighted by Gasteiger charge is -2.16. The van der Waals surface area contributed by atoms with Gasteiger partial charge in [-0.3, -0.25) is 0 Å². The molecule has 1 aliphatic rings. The highest BCUT2D eigenvalue weighted by atomic mass is 16.5. The Bertz CT molecular complexity index is 911. The number of ether oxygens (including phenoxy) is 1. The second-order valence-corrected chi connectivity index (χ2v) is 5.93. The van der Waals surface area contributed by atoms with Gasteiger partial charge in [-0.05, 0) is 42.3 Å². The lowest BCUT2D eigenvalue weighted by molar-refractivity contribution is 0.360. The van der Waals surface area contributed by atoms with Crippen molar-refractivity contribution in [3.05, 3.63) is 70.9 Å². The molecule has 0 aliphatic carbocycles. The van der Waals surface area contributed by atoms with Crippen molar-refractivity contribution in [2.75, 3.05) is 12.3 Å². The van der Waals surface area contributed by atoms with Gasteiger partial charge in [0.1, 0.15) is 12.4 Å². The van der Waals surface area contributed by atoms with Crippen LogP contribution in [-0.2, 0) is 6.42 Å². The summed E-state index contributed by atoms with van der Waals surface area (Å²) in [5.74, 6) is 2.04. The number of benzene rings is 2. The second kappa shape index (κ2) is 5.85. The van der Waals surface area contributed by atoms with E-state index in [9.17, 15) is 0 Å². The van der Waals surface area contributed by atoms with E-state index in [0.717, 1.165) is 28.1 Å². The van der Waals surface area contributed by atoms with Crippen molar-refractivity contribution in [1.29, 1.82) is 0 Å². The molecule has 5 nitrogen and oxygen atoms in total. The smallest absolute Gasteiger partial charge is 0.231 e. The first-order valence-corrected chi connectivity index (χ1v) is 7.79. The van der Waals surface area contributed by atoms with Crippen LogP contribution in [0.1, 0.15) is 28.4 Å². The largest absolute Gasteiger partial charge is 0.488 e. The number of hydrogen-bond acceptors (Lipinski definition) is 5. The molecule has 0 fully saturated rings. The number of aromatic nitrogens is 2. The van der Waals surface area contributed by atoms with Crippen LogP contribution < -0.4 is 10.5 Å². The molecular formula is C19H17N3O2. The van der Waals surface area contributed by atoms with Crippen molar-refractivity contribution in [3.63, 3.8) is 0 Å². The van der Waals surface area contributed by atoms with Gasteiger partial charge < -0.3 is 15.0 Å².